The fourth-order valence-corrected chi connectivity index (χ4v) is 6.48. The lowest BCUT2D eigenvalue weighted by molar-refractivity contribution is -0.138. The van der Waals surface area contributed by atoms with Crippen LogP contribution in [0, 0.1) is 11.3 Å². The number of aromatic nitrogens is 1. The number of halogens is 4. The third kappa shape index (κ3) is 3.80. The summed E-state index contributed by atoms with van der Waals surface area (Å²) >= 11 is 0. The summed E-state index contributed by atoms with van der Waals surface area (Å²) in [6, 6.07) is 9.62. The Kier molecular flexibility index (Phi) is 5.79. The number of rotatable bonds is 4. The van der Waals surface area contributed by atoms with E-state index in [9.17, 15) is 18.0 Å². The van der Waals surface area contributed by atoms with Crippen LogP contribution in [0.3, 0.4) is 0 Å². The highest BCUT2D eigenvalue weighted by Crippen LogP contribution is 2.47. The Morgan fingerprint density at radius 1 is 1.16 bits per heavy atom. The average Bonchev–Trinajstić information content (AvgIpc) is 3.33. The number of piperidine rings is 1. The van der Waals surface area contributed by atoms with E-state index in [-0.39, 0.29) is 24.3 Å². The van der Waals surface area contributed by atoms with Crippen molar-refractivity contribution in [2.24, 2.45) is 0 Å². The number of amides is 1. The number of carbonyl (C=O) groups excluding carboxylic acids is 1. The predicted molar refractivity (Wildman–Crippen MR) is 130 cm³/mol. The fraction of sp³-hybridized carbons (Fsp3) is 0.519. The number of benzene rings is 1. The van der Waals surface area contributed by atoms with Gasteiger partial charge in [0.2, 0.25) is 0 Å². The number of nitriles is 1. The first-order valence-electron chi connectivity index (χ1n) is 12.8. The molecule has 11 heteroatoms. The van der Waals surface area contributed by atoms with Crippen molar-refractivity contribution in [2.75, 3.05) is 23.5 Å². The molecular formula is C27H27F4N5O2. The molecule has 3 aliphatic heterocycles. The van der Waals surface area contributed by atoms with Crippen LogP contribution in [0.5, 0.6) is 5.75 Å². The van der Waals surface area contributed by atoms with E-state index < -0.39 is 35.2 Å². The van der Waals surface area contributed by atoms with E-state index in [1.54, 1.807) is 24.3 Å². The SMILES string of the molecule is CN1C2CCC1C(F)C(Oc1ccc(N3CN(c4cnc(C#N)c(C(F)(F)F)c4)C(=O)C34CCC4)cc1)C2. The zero-order valence-electron chi connectivity index (χ0n) is 20.8. The summed E-state index contributed by atoms with van der Waals surface area (Å²) in [5.41, 5.74) is -2.01. The van der Waals surface area contributed by atoms with Gasteiger partial charge in [0.1, 0.15) is 23.5 Å². The molecule has 1 aromatic heterocycles. The maximum Gasteiger partial charge on any atom is 0.419 e. The average molecular weight is 530 g/mol. The second kappa shape index (κ2) is 8.83. The minimum Gasteiger partial charge on any atom is -0.487 e. The van der Waals surface area contributed by atoms with E-state index in [1.807, 2.05) is 11.9 Å². The lowest BCUT2D eigenvalue weighted by atomic mass is 9.75. The van der Waals surface area contributed by atoms with Crippen LogP contribution in [-0.4, -0.2) is 59.4 Å². The Hall–Kier alpha value is -3.39. The molecule has 4 fully saturated rings. The molecule has 0 radical (unpaired) electrons. The largest absolute Gasteiger partial charge is 0.487 e. The first kappa shape index (κ1) is 24.9. The van der Waals surface area contributed by atoms with E-state index in [0.29, 0.717) is 31.1 Å². The minimum atomic E-state index is -4.77. The Morgan fingerprint density at radius 2 is 1.89 bits per heavy atom. The van der Waals surface area contributed by atoms with Gasteiger partial charge in [0.25, 0.3) is 5.91 Å². The number of ether oxygens (including phenoxy) is 1. The van der Waals surface area contributed by atoms with Gasteiger partial charge in [0.15, 0.2) is 11.9 Å². The maximum atomic E-state index is 15.0. The molecule has 2 aromatic rings. The normalized spacial score (nSPS) is 28.5. The predicted octanol–water partition coefficient (Wildman–Crippen LogP) is 4.66. The van der Waals surface area contributed by atoms with Crippen molar-refractivity contribution in [3.8, 4) is 11.8 Å². The van der Waals surface area contributed by atoms with E-state index in [4.69, 9.17) is 10.00 Å². The molecule has 4 heterocycles. The summed E-state index contributed by atoms with van der Waals surface area (Å²) in [6.45, 7) is 0.0504. The molecule has 1 saturated carbocycles. The number of anilines is 2. The molecule has 200 valence electrons. The molecule has 2 bridgehead atoms. The van der Waals surface area contributed by atoms with Crippen LogP contribution >= 0.6 is 0 Å². The van der Waals surface area contributed by atoms with Gasteiger partial charge >= 0.3 is 6.18 Å². The zero-order chi connectivity index (χ0) is 26.8. The smallest absolute Gasteiger partial charge is 0.419 e. The molecule has 1 amide bonds. The van der Waals surface area contributed by atoms with Gasteiger partial charge in [0, 0.05) is 24.2 Å². The third-order valence-corrected chi connectivity index (χ3v) is 8.78. The zero-order valence-corrected chi connectivity index (χ0v) is 20.8. The summed E-state index contributed by atoms with van der Waals surface area (Å²) in [7, 11) is 1.97. The second-order valence-electron chi connectivity index (χ2n) is 10.7. The fourth-order valence-electron chi connectivity index (χ4n) is 6.48. The van der Waals surface area contributed by atoms with E-state index in [2.05, 4.69) is 9.88 Å². The van der Waals surface area contributed by atoms with Gasteiger partial charge in [-0.25, -0.2) is 9.37 Å². The molecule has 1 aliphatic carbocycles. The second-order valence-corrected chi connectivity index (χ2v) is 10.7. The number of hydrogen-bond donors (Lipinski definition) is 0. The van der Waals surface area contributed by atoms with Gasteiger partial charge in [0.05, 0.1) is 24.1 Å². The third-order valence-electron chi connectivity index (χ3n) is 8.78. The molecule has 4 atom stereocenters. The van der Waals surface area contributed by atoms with Crippen molar-refractivity contribution < 1.29 is 27.1 Å². The van der Waals surface area contributed by atoms with Gasteiger partial charge in [-0.3, -0.25) is 14.6 Å². The number of fused-ring (bicyclic) bond motifs is 2. The van der Waals surface area contributed by atoms with Crippen LogP contribution in [0.1, 0.15) is 49.8 Å². The number of hydrogen-bond acceptors (Lipinski definition) is 6. The molecule has 3 saturated heterocycles. The summed E-state index contributed by atoms with van der Waals surface area (Å²) < 4.78 is 61.7. The van der Waals surface area contributed by atoms with Gasteiger partial charge in [-0.15, -0.1) is 0 Å². The molecule has 4 unspecified atom stereocenters. The molecule has 38 heavy (non-hydrogen) atoms. The molecule has 1 spiro atoms. The highest BCUT2D eigenvalue weighted by molar-refractivity contribution is 6.06. The topological polar surface area (TPSA) is 72.7 Å². The van der Waals surface area contributed by atoms with Crippen LogP contribution in [0.25, 0.3) is 0 Å². The van der Waals surface area contributed by atoms with Crippen molar-refractivity contribution >= 4 is 17.3 Å². The lowest BCUT2D eigenvalue weighted by Gasteiger charge is -2.43. The molecule has 1 aromatic carbocycles. The summed E-state index contributed by atoms with van der Waals surface area (Å²) in [6.07, 6.45) is -0.778. The van der Waals surface area contributed by atoms with Crippen molar-refractivity contribution in [1.82, 2.24) is 9.88 Å². The van der Waals surface area contributed by atoms with Crippen LogP contribution in [0.4, 0.5) is 28.9 Å². The van der Waals surface area contributed by atoms with Gasteiger partial charge in [-0.1, -0.05) is 0 Å². The Morgan fingerprint density at radius 3 is 2.53 bits per heavy atom. The summed E-state index contributed by atoms with van der Waals surface area (Å²) in [5.74, 6) is 0.257. The quantitative estimate of drug-likeness (QED) is 0.537. The molecular weight excluding hydrogens is 502 g/mol. The van der Waals surface area contributed by atoms with Crippen LogP contribution < -0.4 is 14.5 Å². The maximum absolute atomic E-state index is 15.0. The number of alkyl halides is 4. The lowest BCUT2D eigenvalue weighted by Crippen LogP contribution is -2.54. The van der Waals surface area contributed by atoms with E-state index >= 15 is 4.39 Å². The van der Waals surface area contributed by atoms with Crippen molar-refractivity contribution in [3.63, 3.8) is 0 Å². The monoisotopic (exact) mass is 529 g/mol. The number of pyridine rings is 1. The van der Waals surface area contributed by atoms with E-state index in [0.717, 1.165) is 37.2 Å². The van der Waals surface area contributed by atoms with Gasteiger partial charge < -0.3 is 9.64 Å². The summed E-state index contributed by atoms with van der Waals surface area (Å²) in [5, 5.41) is 9.06. The minimum absolute atomic E-state index is 0.000868. The van der Waals surface area contributed by atoms with Gasteiger partial charge in [-0.2, -0.15) is 18.4 Å². The highest BCUT2D eigenvalue weighted by atomic mass is 19.4. The van der Waals surface area contributed by atoms with Gasteiger partial charge in [-0.05, 0) is 69.5 Å². The summed E-state index contributed by atoms with van der Waals surface area (Å²) in [4.78, 5) is 22.5. The van der Waals surface area contributed by atoms with Crippen molar-refractivity contribution in [1.29, 1.82) is 5.26 Å². The standard InChI is InChI=1S/C27H27F4N5O2/c1-34-17-5-8-22(34)24(28)23(12-17)38-19-6-3-16(4-7-19)36-15-35(25(37)26(36)9-2-10-26)18-11-20(27(29,30)31)21(13-32)33-14-18/h3-4,6-7,11,14,17,22-24H,2,5,8-10,12,15H2,1H3. The number of carbonyl (C=O) groups is 1. The molecule has 4 aliphatic rings. The highest BCUT2D eigenvalue weighted by Gasteiger charge is 2.57. The van der Waals surface area contributed by atoms with Crippen molar-refractivity contribution in [2.45, 2.75) is 74.6 Å². The molecule has 6 rings (SSSR count). The Bertz CT molecular complexity index is 1290. The van der Waals surface area contributed by atoms with Crippen LogP contribution in [-0.2, 0) is 11.0 Å². The number of nitrogens with zero attached hydrogens (tertiary/aromatic N) is 5. The van der Waals surface area contributed by atoms with Crippen molar-refractivity contribution in [3.05, 3.63) is 47.8 Å². The van der Waals surface area contributed by atoms with Crippen LogP contribution in [0.15, 0.2) is 36.5 Å². The van der Waals surface area contributed by atoms with E-state index in [1.165, 1.54) is 11.0 Å². The molecule has 7 nitrogen and oxygen atoms in total. The molecule has 0 N–H and O–H groups in total. The van der Waals surface area contributed by atoms with Crippen LogP contribution in [0.2, 0.25) is 0 Å². The first-order chi connectivity index (χ1) is 18.1. The Balaban J connectivity index is 1.23. The Labute approximate surface area is 217 Å². The first-order valence-corrected chi connectivity index (χ1v) is 12.8.